The summed E-state index contributed by atoms with van der Waals surface area (Å²) in [6.07, 6.45) is -4.35. The van der Waals surface area contributed by atoms with Gasteiger partial charge in [0.2, 0.25) is 0 Å². The van der Waals surface area contributed by atoms with E-state index in [9.17, 15) is 18.0 Å². The van der Waals surface area contributed by atoms with E-state index in [1.165, 1.54) is 0 Å². The van der Waals surface area contributed by atoms with Crippen LogP contribution in [0.2, 0.25) is 0 Å². The lowest BCUT2D eigenvalue weighted by atomic mass is 9.93. The number of hydrogen-bond donors (Lipinski definition) is 0. The minimum absolute atomic E-state index is 0.105. The highest BCUT2D eigenvalue weighted by atomic mass is 79.9. The molecular formula is C12H11BrF3NO. The van der Waals surface area contributed by atoms with Gasteiger partial charge in [0, 0.05) is 11.0 Å². The second kappa shape index (κ2) is 4.57. The molecule has 0 spiro atoms. The average molecular weight is 322 g/mol. The highest BCUT2D eigenvalue weighted by Crippen LogP contribution is 2.34. The van der Waals surface area contributed by atoms with E-state index in [0.717, 1.165) is 20.5 Å². The van der Waals surface area contributed by atoms with Gasteiger partial charge in [-0.1, -0.05) is 22.0 Å². The molecule has 0 bridgehead atoms. The molecule has 0 saturated carbocycles. The van der Waals surface area contributed by atoms with Gasteiger partial charge in [0.05, 0.1) is 6.04 Å². The summed E-state index contributed by atoms with van der Waals surface area (Å²) in [5, 5.41) is 0. The fourth-order valence-corrected chi connectivity index (χ4v) is 2.60. The zero-order valence-corrected chi connectivity index (χ0v) is 11.2. The van der Waals surface area contributed by atoms with Crippen molar-refractivity contribution < 1.29 is 18.0 Å². The number of benzene rings is 1. The molecule has 1 amide bonds. The highest BCUT2D eigenvalue weighted by molar-refractivity contribution is 9.10. The third kappa shape index (κ3) is 2.39. The topological polar surface area (TPSA) is 20.3 Å². The number of rotatable bonds is 0. The first-order valence-electron chi connectivity index (χ1n) is 5.47. The predicted octanol–water partition coefficient (Wildman–Crippen LogP) is 3.46. The lowest BCUT2D eigenvalue weighted by Gasteiger charge is -2.35. The second-order valence-electron chi connectivity index (χ2n) is 4.27. The number of carbonyl (C=O) groups excluding carboxylic acids is 1. The third-order valence-electron chi connectivity index (χ3n) is 3.15. The maximum Gasteiger partial charge on any atom is 0.471 e. The molecule has 18 heavy (non-hydrogen) atoms. The van der Waals surface area contributed by atoms with E-state index in [4.69, 9.17) is 0 Å². The van der Waals surface area contributed by atoms with Crippen molar-refractivity contribution in [3.8, 4) is 0 Å². The summed E-state index contributed by atoms with van der Waals surface area (Å²) in [7, 11) is 0. The number of fused-ring (bicyclic) bond motifs is 1. The molecule has 1 aromatic rings. The van der Waals surface area contributed by atoms with Gasteiger partial charge in [0.1, 0.15) is 0 Å². The zero-order chi connectivity index (χ0) is 13.5. The molecule has 0 aromatic heterocycles. The zero-order valence-electron chi connectivity index (χ0n) is 9.59. The first kappa shape index (κ1) is 13.4. The molecule has 1 heterocycles. The van der Waals surface area contributed by atoms with Gasteiger partial charge in [0.25, 0.3) is 0 Å². The number of hydrogen-bond acceptors (Lipinski definition) is 1. The molecule has 1 unspecified atom stereocenters. The van der Waals surface area contributed by atoms with E-state index in [2.05, 4.69) is 15.9 Å². The van der Waals surface area contributed by atoms with Gasteiger partial charge < -0.3 is 4.90 Å². The van der Waals surface area contributed by atoms with Crippen LogP contribution in [0.15, 0.2) is 22.7 Å². The van der Waals surface area contributed by atoms with Crippen LogP contribution in [-0.4, -0.2) is 23.5 Å². The third-order valence-corrected chi connectivity index (χ3v) is 3.64. The summed E-state index contributed by atoms with van der Waals surface area (Å²) >= 11 is 3.29. The van der Waals surface area contributed by atoms with Gasteiger partial charge in [-0.05, 0) is 36.6 Å². The van der Waals surface area contributed by atoms with Crippen LogP contribution in [0.1, 0.15) is 24.1 Å². The summed E-state index contributed by atoms with van der Waals surface area (Å²) in [6.45, 7) is 1.72. The molecule has 2 rings (SSSR count). The molecule has 0 saturated heterocycles. The van der Waals surface area contributed by atoms with Crippen molar-refractivity contribution in [2.75, 3.05) is 6.54 Å². The van der Waals surface area contributed by atoms with Crippen LogP contribution < -0.4 is 0 Å². The Morgan fingerprint density at radius 2 is 2.11 bits per heavy atom. The summed E-state index contributed by atoms with van der Waals surface area (Å²) in [4.78, 5) is 12.2. The maximum absolute atomic E-state index is 12.5. The minimum atomic E-state index is -4.81. The smallest absolute Gasteiger partial charge is 0.328 e. The Labute approximate surface area is 111 Å². The molecule has 0 N–H and O–H groups in total. The number of nitrogens with zero attached hydrogens (tertiary/aromatic N) is 1. The Hall–Kier alpha value is -1.04. The molecule has 1 aromatic carbocycles. The molecule has 1 aliphatic rings. The Balaban J connectivity index is 2.33. The number of halogens is 4. The highest BCUT2D eigenvalue weighted by Gasteiger charge is 2.45. The van der Waals surface area contributed by atoms with Gasteiger partial charge in [-0.3, -0.25) is 4.79 Å². The molecule has 0 aliphatic carbocycles. The predicted molar refractivity (Wildman–Crippen MR) is 64.0 cm³/mol. The van der Waals surface area contributed by atoms with Crippen LogP contribution in [0.25, 0.3) is 0 Å². The van der Waals surface area contributed by atoms with Crippen LogP contribution in [0.5, 0.6) is 0 Å². The van der Waals surface area contributed by atoms with Gasteiger partial charge in [-0.25, -0.2) is 0 Å². The Kier molecular flexibility index (Phi) is 3.40. The molecule has 1 atom stereocenters. The quantitative estimate of drug-likeness (QED) is 0.716. The van der Waals surface area contributed by atoms with Crippen molar-refractivity contribution in [3.05, 3.63) is 33.8 Å². The molecule has 98 valence electrons. The average Bonchev–Trinajstić information content (AvgIpc) is 2.28. The van der Waals surface area contributed by atoms with Crippen molar-refractivity contribution >= 4 is 21.8 Å². The largest absolute Gasteiger partial charge is 0.471 e. The number of amides is 1. The minimum Gasteiger partial charge on any atom is -0.328 e. The Morgan fingerprint density at radius 3 is 2.72 bits per heavy atom. The number of alkyl halides is 3. The Morgan fingerprint density at radius 1 is 1.44 bits per heavy atom. The summed E-state index contributed by atoms with van der Waals surface area (Å²) in [5.41, 5.74) is 1.77. The molecule has 0 radical (unpaired) electrons. The van der Waals surface area contributed by atoms with E-state index < -0.39 is 18.1 Å². The van der Waals surface area contributed by atoms with E-state index in [-0.39, 0.29) is 6.54 Å². The van der Waals surface area contributed by atoms with Gasteiger partial charge in [-0.2, -0.15) is 13.2 Å². The van der Waals surface area contributed by atoms with Crippen LogP contribution in [0.4, 0.5) is 13.2 Å². The van der Waals surface area contributed by atoms with Crippen molar-refractivity contribution in [2.45, 2.75) is 25.6 Å². The second-order valence-corrected chi connectivity index (χ2v) is 5.18. The van der Waals surface area contributed by atoms with Gasteiger partial charge >= 0.3 is 12.1 Å². The van der Waals surface area contributed by atoms with Crippen LogP contribution in [0.3, 0.4) is 0 Å². The van der Waals surface area contributed by atoms with Crippen molar-refractivity contribution in [3.63, 3.8) is 0 Å². The van der Waals surface area contributed by atoms with Crippen LogP contribution in [-0.2, 0) is 11.2 Å². The van der Waals surface area contributed by atoms with E-state index in [0.29, 0.717) is 6.42 Å². The summed E-state index contributed by atoms with van der Waals surface area (Å²) in [5.74, 6) is -1.76. The number of carbonyl (C=O) groups is 1. The van der Waals surface area contributed by atoms with Crippen LogP contribution in [0, 0.1) is 0 Å². The van der Waals surface area contributed by atoms with Crippen molar-refractivity contribution in [1.29, 1.82) is 0 Å². The van der Waals surface area contributed by atoms with E-state index in [1.54, 1.807) is 13.0 Å². The van der Waals surface area contributed by atoms with Crippen molar-refractivity contribution in [1.82, 2.24) is 4.90 Å². The lowest BCUT2D eigenvalue weighted by Crippen LogP contribution is -2.45. The van der Waals surface area contributed by atoms with E-state index >= 15 is 0 Å². The fraction of sp³-hybridized carbons (Fsp3) is 0.417. The molecule has 1 aliphatic heterocycles. The summed E-state index contributed by atoms with van der Waals surface area (Å²) in [6, 6.07) is 4.95. The van der Waals surface area contributed by atoms with E-state index in [1.807, 2.05) is 12.1 Å². The first-order valence-corrected chi connectivity index (χ1v) is 6.26. The monoisotopic (exact) mass is 321 g/mol. The molecular weight excluding hydrogens is 311 g/mol. The lowest BCUT2D eigenvalue weighted by molar-refractivity contribution is -0.188. The summed E-state index contributed by atoms with van der Waals surface area (Å²) < 4.78 is 38.2. The van der Waals surface area contributed by atoms with Crippen molar-refractivity contribution in [2.24, 2.45) is 0 Å². The molecule has 2 nitrogen and oxygen atoms in total. The fourth-order valence-electron chi connectivity index (χ4n) is 2.23. The molecule has 0 fully saturated rings. The van der Waals surface area contributed by atoms with Crippen LogP contribution >= 0.6 is 15.9 Å². The first-order chi connectivity index (χ1) is 8.30. The SMILES string of the molecule is CC1c2cc(Br)ccc2CCN1C(=O)C(F)(F)F. The molecule has 6 heteroatoms. The standard InChI is InChI=1S/C12H11BrF3NO/c1-7-10-6-9(13)3-2-8(10)4-5-17(7)11(18)12(14,15)16/h2-3,6-7H,4-5H2,1H3. The van der Waals surface area contributed by atoms with Gasteiger partial charge in [-0.15, -0.1) is 0 Å². The maximum atomic E-state index is 12.5. The normalized spacial score (nSPS) is 19.6. The Bertz CT molecular complexity index is 487. The van der Waals surface area contributed by atoms with Gasteiger partial charge in [0.15, 0.2) is 0 Å².